The Bertz CT molecular complexity index is 544. The van der Waals surface area contributed by atoms with E-state index in [4.69, 9.17) is 12.2 Å². The van der Waals surface area contributed by atoms with Crippen LogP contribution in [0.1, 0.15) is 5.56 Å². The van der Waals surface area contributed by atoms with E-state index in [2.05, 4.69) is 10.2 Å². The van der Waals surface area contributed by atoms with Gasteiger partial charge < -0.3 is 0 Å². The molecule has 0 spiro atoms. The van der Waals surface area contributed by atoms with Gasteiger partial charge in [0.05, 0.1) is 6.54 Å². The van der Waals surface area contributed by atoms with E-state index in [0.29, 0.717) is 10.6 Å². The Balaban J connectivity index is 2.51. The van der Waals surface area contributed by atoms with Crippen LogP contribution in [0.2, 0.25) is 0 Å². The van der Waals surface area contributed by atoms with Gasteiger partial charge in [-0.15, -0.1) is 0 Å². The lowest BCUT2D eigenvalue weighted by atomic mass is 10.1. The van der Waals surface area contributed by atoms with Crippen LogP contribution in [0.5, 0.6) is 0 Å². The molecule has 1 heterocycles. The van der Waals surface area contributed by atoms with E-state index in [1.807, 2.05) is 31.2 Å². The lowest BCUT2D eigenvalue weighted by Crippen LogP contribution is -2.02. The number of alkyl halides is 1. The molecule has 0 aliphatic rings. The Labute approximate surface area is 97.9 Å². The quantitative estimate of drug-likeness (QED) is 0.833. The molecular formula is C11H12FN3S. The van der Waals surface area contributed by atoms with E-state index in [-0.39, 0.29) is 6.54 Å². The van der Waals surface area contributed by atoms with Crippen molar-refractivity contribution >= 4 is 12.2 Å². The van der Waals surface area contributed by atoms with Gasteiger partial charge in [0.15, 0.2) is 10.6 Å². The summed E-state index contributed by atoms with van der Waals surface area (Å²) in [5.74, 6) is 0.686. The van der Waals surface area contributed by atoms with Crippen molar-refractivity contribution in [2.75, 3.05) is 6.67 Å². The number of nitrogens with one attached hydrogen (secondary N) is 1. The summed E-state index contributed by atoms with van der Waals surface area (Å²) in [7, 11) is 0. The second kappa shape index (κ2) is 4.57. The largest absolute Gasteiger partial charge is 0.298 e. The number of benzene rings is 1. The molecule has 0 atom stereocenters. The number of aryl methyl sites for hydroxylation is 1. The topological polar surface area (TPSA) is 33.6 Å². The van der Waals surface area contributed by atoms with Crippen LogP contribution < -0.4 is 0 Å². The van der Waals surface area contributed by atoms with Crippen molar-refractivity contribution in [2.45, 2.75) is 13.5 Å². The maximum atomic E-state index is 12.4. The van der Waals surface area contributed by atoms with Gasteiger partial charge in [0.2, 0.25) is 0 Å². The number of H-pyrrole nitrogens is 1. The first-order valence-electron chi connectivity index (χ1n) is 5.00. The van der Waals surface area contributed by atoms with Gasteiger partial charge in [-0.2, -0.15) is 5.10 Å². The molecular weight excluding hydrogens is 225 g/mol. The molecule has 0 aliphatic heterocycles. The smallest absolute Gasteiger partial charge is 0.195 e. The Morgan fingerprint density at radius 1 is 1.50 bits per heavy atom. The number of halogens is 1. The van der Waals surface area contributed by atoms with Crippen LogP contribution in [0, 0.1) is 11.7 Å². The van der Waals surface area contributed by atoms with Crippen LogP contribution in [-0.4, -0.2) is 21.4 Å². The summed E-state index contributed by atoms with van der Waals surface area (Å²) < 4.78 is 14.5. The molecule has 5 heteroatoms. The lowest BCUT2D eigenvalue weighted by Gasteiger charge is -2.04. The minimum atomic E-state index is -0.452. The third-order valence-electron chi connectivity index (χ3n) is 2.34. The molecule has 0 amide bonds. The molecule has 16 heavy (non-hydrogen) atoms. The van der Waals surface area contributed by atoms with Gasteiger partial charge in [0, 0.05) is 5.56 Å². The van der Waals surface area contributed by atoms with Crippen molar-refractivity contribution in [2.24, 2.45) is 0 Å². The highest BCUT2D eigenvalue weighted by atomic mass is 32.1. The fraction of sp³-hybridized carbons (Fsp3) is 0.273. The molecule has 0 aliphatic carbocycles. The highest BCUT2D eigenvalue weighted by Gasteiger charge is 2.08. The van der Waals surface area contributed by atoms with E-state index >= 15 is 0 Å². The zero-order valence-electron chi connectivity index (χ0n) is 8.90. The van der Waals surface area contributed by atoms with E-state index in [1.165, 1.54) is 0 Å². The van der Waals surface area contributed by atoms with Crippen LogP contribution in [0.4, 0.5) is 4.39 Å². The summed E-state index contributed by atoms with van der Waals surface area (Å²) in [5.41, 5.74) is 2.08. The van der Waals surface area contributed by atoms with Gasteiger partial charge in [-0.1, -0.05) is 23.8 Å². The molecule has 3 nitrogen and oxygen atoms in total. The van der Waals surface area contributed by atoms with Crippen LogP contribution in [0.25, 0.3) is 11.4 Å². The van der Waals surface area contributed by atoms with Crippen molar-refractivity contribution in [1.82, 2.24) is 14.8 Å². The van der Waals surface area contributed by atoms with E-state index in [0.717, 1.165) is 11.1 Å². The van der Waals surface area contributed by atoms with E-state index in [1.54, 1.807) is 4.57 Å². The van der Waals surface area contributed by atoms with Crippen LogP contribution >= 0.6 is 12.2 Å². The molecule has 0 unspecified atom stereocenters. The molecule has 2 aromatic rings. The Morgan fingerprint density at radius 2 is 2.31 bits per heavy atom. The highest BCUT2D eigenvalue weighted by Crippen LogP contribution is 2.18. The Morgan fingerprint density at radius 3 is 3.00 bits per heavy atom. The molecule has 1 aromatic heterocycles. The first-order chi connectivity index (χ1) is 7.72. The fourth-order valence-electron chi connectivity index (χ4n) is 1.61. The normalized spacial score (nSPS) is 10.6. The molecule has 1 N–H and O–H groups in total. The predicted octanol–water partition coefficient (Wildman–Crippen LogP) is 2.89. The maximum absolute atomic E-state index is 12.4. The molecule has 0 bridgehead atoms. The summed E-state index contributed by atoms with van der Waals surface area (Å²) in [5, 5.41) is 6.81. The molecule has 0 radical (unpaired) electrons. The number of nitrogens with zero attached hydrogens (tertiary/aromatic N) is 2. The van der Waals surface area contributed by atoms with Crippen molar-refractivity contribution in [3.63, 3.8) is 0 Å². The van der Waals surface area contributed by atoms with Crippen LogP contribution in [-0.2, 0) is 6.54 Å². The van der Waals surface area contributed by atoms with Crippen molar-refractivity contribution in [3.8, 4) is 11.4 Å². The third kappa shape index (κ3) is 2.04. The molecule has 0 saturated carbocycles. The van der Waals surface area contributed by atoms with Crippen molar-refractivity contribution < 1.29 is 4.39 Å². The van der Waals surface area contributed by atoms with Crippen LogP contribution in [0.3, 0.4) is 0 Å². The summed E-state index contributed by atoms with van der Waals surface area (Å²) in [6.45, 7) is 1.79. The fourth-order valence-corrected chi connectivity index (χ4v) is 1.84. The van der Waals surface area contributed by atoms with Gasteiger partial charge in [0.1, 0.15) is 6.67 Å². The van der Waals surface area contributed by atoms with E-state index < -0.39 is 6.67 Å². The Hall–Kier alpha value is -1.49. The van der Waals surface area contributed by atoms with Gasteiger partial charge in [-0.05, 0) is 25.2 Å². The second-order valence-electron chi connectivity index (χ2n) is 3.56. The van der Waals surface area contributed by atoms with Gasteiger partial charge in [-0.3, -0.25) is 9.67 Å². The number of hydrogen-bond donors (Lipinski definition) is 1. The van der Waals surface area contributed by atoms with E-state index in [9.17, 15) is 4.39 Å². The van der Waals surface area contributed by atoms with Gasteiger partial charge in [-0.25, -0.2) is 4.39 Å². The number of hydrogen-bond acceptors (Lipinski definition) is 2. The number of aromatic nitrogens is 3. The molecule has 1 aromatic carbocycles. The predicted molar refractivity (Wildman–Crippen MR) is 63.6 cm³/mol. The molecule has 2 rings (SSSR count). The zero-order valence-corrected chi connectivity index (χ0v) is 9.72. The minimum absolute atomic E-state index is 0.235. The average Bonchev–Trinajstić information content (AvgIpc) is 2.61. The lowest BCUT2D eigenvalue weighted by molar-refractivity contribution is 0.445. The second-order valence-corrected chi connectivity index (χ2v) is 3.95. The highest BCUT2D eigenvalue weighted by molar-refractivity contribution is 7.71. The third-order valence-corrected chi connectivity index (χ3v) is 2.65. The van der Waals surface area contributed by atoms with Gasteiger partial charge >= 0.3 is 0 Å². The summed E-state index contributed by atoms with van der Waals surface area (Å²) in [6.07, 6.45) is 0. The number of rotatable bonds is 3. The molecule has 0 fully saturated rings. The molecule has 84 valence electrons. The summed E-state index contributed by atoms with van der Waals surface area (Å²) in [4.78, 5) is 0. The minimum Gasteiger partial charge on any atom is -0.298 e. The SMILES string of the molecule is Cc1cccc(-c2n[nH]c(=S)n2CCF)c1. The van der Waals surface area contributed by atoms with Crippen molar-refractivity contribution in [3.05, 3.63) is 34.6 Å². The average molecular weight is 237 g/mol. The first kappa shape index (κ1) is 11.0. The number of aromatic amines is 1. The Kier molecular flexibility index (Phi) is 3.14. The maximum Gasteiger partial charge on any atom is 0.195 e. The van der Waals surface area contributed by atoms with Crippen molar-refractivity contribution in [1.29, 1.82) is 0 Å². The first-order valence-corrected chi connectivity index (χ1v) is 5.41. The summed E-state index contributed by atoms with van der Waals surface area (Å²) >= 11 is 5.05. The zero-order chi connectivity index (χ0) is 11.5. The standard InChI is InChI=1S/C11H12FN3S/c1-8-3-2-4-9(7-8)10-13-14-11(16)15(10)6-5-12/h2-4,7H,5-6H2,1H3,(H,14,16). The monoisotopic (exact) mass is 237 g/mol. The van der Waals surface area contributed by atoms with Crippen LogP contribution in [0.15, 0.2) is 24.3 Å². The van der Waals surface area contributed by atoms with Gasteiger partial charge in [0.25, 0.3) is 0 Å². The molecule has 0 saturated heterocycles. The summed E-state index contributed by atoms with van der Waals surface area (Å²) in [6, 6.07) is 7.89.